The molecule has 1 aliphatic heterocycles. The van der Waals surface area contributed by atoms with Crippen LogP contribution in [0.25, 0.3) is 11.0 Å². The molecule has 1 aromatic heterocycles. The summed E-state index contributed by atoms with van der Waals surface area (Å²) in [7, 11) is 0. The Hall–Kier alpha value is -4.20. The summed E-state index contributed by atoms with van der Waals surface area (Å²) in [5.41, 5.74) is 0.777. The van der Waals surface area contributed by atoms with Crippen molar-refractivity contribution in [1.82, 2.24) is 4.90 Å². The molecule has 1 atom stereocenters. The molecule has 1 N–H and O–H groups in total. The number of phenolic OH excluding ortho intramolecular Hbond substituents is 1. The van der Waals surface area contributed by atoms with Crippen molar-refractivity contribution in [3.05, 3.63) is 105 Å². The number of benzene rings is 3. The number of hydrogen-bond acceptors (Lipinski definition) is 5. The molecule has 34 heavy (non-hydrogen) atoms. The van der Waals surface area contributed by atoms with Gasteiger partial charge in [0.2, 0.25) is 5.76 Å². The lowest BCUT2D eigenvalue weighted by molar-refractivity contribution is 0.0714. The minimum absolute atomic E-state index is 0.0176. The first-order valence-corrected chi connectivity index (χ1v) is 10.6. The molecule has 5 rings (SSSR count). The van der Waals surface area contributed by atoms with Gasteiger partial charge in [-0.25, -0.2) is 8.78 Å². The summed E-state index contributed by atoms with van der Waals surface area (Å²) in [5.74, 6) is -1.58. The van der Waals surface area contributed by atoms with Crippen LogP contribution in [0.15, 0.2) is 69.9 Å². The molecular weight excluding hydrogens is 444 g/mol. The minimum Gasteiger partial charge on any atom is -0.504 e. The molecule has 0 radical (unpaired) electrons. The Bertz CT molecular complexity index is 1480. The molecule has 3 aromatic carbocycles. The summed E-state index contributed by atoms with van der Waals surface area (Å²) in [6.45, 7) is 2.11. The van der Waals surface area contributed by atoms with Gasteiger partial charge in [0, 0.05) is 6.54 Å². The van der Waals surface area contributed by atoms with Gasteiger partial charge in [-0.1, -0.05) is 18.2 Å². The Labute approximate surface area is 192 Å². The van der Waals surface area contributed by atoms with Crippen molar-refractivity contribution in [2.75, 3.05) is 6.61 Å². The molecule has 0 aliphatic carbocycles. The van der Waals surface area contributed by atoms with E-state index >= 15 is 0 Å². The van der Waals surface area contributed by atoms with Gasteiger partial charge in [-0.2, -0.15) is 0 Å². The normalized spacial score (nSPS) is 15.1. The van der Waals surface area contributed by atoms with E-state index in [9.17, 15) is 23.5 Å². The summed E-state index contributed by atoms with van der Waals surface area (Å²) >= 11 is 0. The van der Waals surface area contributed by atoms with E-state index in [1.54, 1.807) is 31.2 Å². The molecule has 0 bridgehead atoms. The third-order valence-electron chi connectivity index (χ3n) is 5.79. The van der Waals surface area contributed by atoms with Crippen LogP contribution in [-0.2, 0) is 6.54 Å². The van der Waals surface area contributed by atoms with Gasteiger partial charge in [-0.05, 0) is 60.5 Å². The van der Waals surface area contributed by atoms with E-state index in [4.69, 9.17) is 9.15 Å². The zero-order valence-corrected chi connectivity index (χ0v) is 18.0. The molecule has 8 heteroatoms. The summed E-state index contributed by atoms with van der Waals surface area (Å²) < 4.78 is 38.6. The fourth-order valence-electron chi connectivity index (χ4n) is 4.26. The SMILES string of the molecule is CCOc1cc(C2c3c(oc4ccc(F)cc4c3=O)C(=O)N2Cc2ccc(F)cc2)ccc1O. The van der Waals surface area contributed by atoms with Crippen molar-refractivity contribution in [1.29, 1.82) is 0 Å². The van der Waals surface area contributed by atoms with E-state index in [1.807, 2.05) is 0 Å². The van der Waals surface area contributed by atoms with Crippen LogP contribution < -0.4 is 10.2 Å². The Morgan fingerprint density at radius 3 is 2.47 bits per heavy atom. The number of amides is 1. The number of halogens is 2. The molecule has 1 unspecified atom stereocenters. The van der Waals surface area contributed by atoms with Gasteiger partial charge in [0.25, 0.3) is 5.91 Å². The van der Waals surface area contributed by atoms with Crippen molar-refractivity contribution in [3.8, 4) is 11.5 Å². The summed E-state index contributed by atoms with van der Waals surface area (Å²) in [6, 6.07) is 12.9. The monoisotopic (exact) mass is 463 g/mol. The zero-order chi connectivity index (χ0) is 24.0. The molecule has 0 saturated carbocycles. The number of carbonyl (C=O) groups is 1. The average molecular weight is 463 g/mol. The van der Waals surface area contributed by atoms with Gasteiger partial charge >= 0.3 is 0 Å². The molecule has 1 amide bonds. The predicted molar refractivity (Wildman–Crippen MR) is 120 cm³/mol. The second-order valence-electron chi connectivity index (χ2n) is 7.94. The van der Waals surface area contributed by atoms with Gasteiger partial charge in [0.15, 0.2) is 16.9 Å². The summed E-state index contributed by atoms with van der Waals surface area (Å²) in [5, 5.41) is 10.2. The van der Waals surface area contributed by atoms with E-state index in [0.29, 0.717) is 17.7 Å². The zero-order valence-electron chi connectivity index (χ0n) is 18.0. The number of nitrogens with zero attached hydrogens (tertiary/aromatic N) is 1. The topological polar surface area (TPSA) is 80.0 Å². The van der Waals surface area contributed by atoms with Gasteiger partial charge < -0.3 is 19.2 Å². The third kappa shape index (κ3) is 3.57. The number of phenols is 1. The number of fused-ring (bicyclic) bond motifs is 2. The number of ether oxygens (including phenoxy) is 1. The summed E-state index contributed by atoms with van der Waals surface area (Å²) in [4.78, 5) is 28.4. The van der Waals surface area contributed by atoms with Gasteiger partial charge in [0.1, 0.15) is 17.2 Å². The van der Waals surface area contributed by atoms with Gasteiger partial charge in [-0.3, -0.25) is 9.59 Å². The van der Waals surface area contributed by atoms with Crippen molar-refractivity contribution in [2.24, 2.45) is 0 Å². The van der Waals surface area contributed by atoms with Crippen molar-refractivity contribution in [2.45, 2.75) is 19.5 Å². The van der Waals surface area contributed by atoms with Crippen LogP contribution in [0.2, 0.25) is 0 Å². The first-order valence-electron chi connectivity index (χ1n) is 10.6. The number of carbonyl (C=O) groups excluding carboxylic acids is 1. The van der Waals surface area contributed by atoms with E-state index in [0.717, 1.165) is 12.1 Å². The van der Waals surface area contributed by atoms with E-state index in [1.165, 1.54) is 29.2 Å². The van der Waals surface area contributed by atoms with Crippen LogP contribution in [0, 0.1) is 11.6 Å². The van der Waals surface area contributed by atoms with Crippen LogP contribution in [-0.4, -0.2) is 22.5 Å². The van der Waals surface area contributed by atoms with Crippen molar-refractivity contribution >= 4 is 16.9 Å². The number of aromatic hydroxyl groups is 1. The Balaban J connectivity index is 1.72. The van der Waals surface area contributed by atoms with Crippen molar-refractivity contribution < 1.29 is 27.8 Å². The van der Waals surface area contributed by atoms with E-state index < -0.39 is 29.0 Å². The highest BCUT2D eigenvalue weighted by Crippen LogP contribution is 2.41. The lowest BCUT2D eigenvalue weighted by Crippen LogP contribution is -2.29. The van der Waals surface area contributed by atoms with Crippen LogP contribution >= 0.6 is 0 Å². The maximum Gasteiger partial charge on any atom is 0.291 e. The predicted octanol–water partition coefficient (Wildman–Crippen LogP) is 4.92. The lowest BCUT2D eigenvalue weighted by atomic mass is 9.97. The Kier molecular flexibility index (Phi) is 5.28. The molecule has 1 aliphatic rings. The van der Waals surface area contributed by atoms with Crippen molar-refractivity contribution in [3.63, 3.8) is 0 Å². The highest BCUT2D eigenvalue weighted by atomic mass is 19.1. The molecule has 4 aromatic rings. The largest absolute Gasteiger partial charge is 0.504 e. The molecule has 0 spiro atoms. The maximum atomic E-state index is 13.9. The fourth-order valence-corrected chi connectivity index (χ4v) is 4.26. The average Bonchev–Trinajstić information content (AvgIpc) is 3.09. The first-order chi connectivity index (χ1) is 16.4. The highest BCUT2D eigenvalue weighted by Gasteiger charge is 2.43. The van der Waals surface area contributed by atoms with Crippen LogP contribution in [0.3, 0.4) is 0 Å². The quantitative estimate of drug-likeness (QED) is 0.455. The second-order valence-corrected chi connectivity index (χ2v) is 7.94. The lowest BCUT2D eigenvalue weighted by Gasteiger charge is -2.25. The molecule has 0 fully saturated rings. The molecular formula is C26H19F2NO5. The molecule has 0 saturated heterocycles. The second kappa shape index (κ2) is 8.30. The van der Waals surface area contributed by atoms with Crippen LogP contribution in [0.1, 0.15) is 40.2 Å². The van der Waals surface area contributed by atoms with E-state index in [2.05, 4.69) is 0 Å². The number of rotatable bonds is 5. The molecule has 172 valence electrons. The van der Waals surface area contributed by atoms with Crippen LogP contribution in [0.5, 0.6) is 11.5 Å². The van der Waals surface area contributed by atoms with Gasteiger partial charge in [-0.15, -0.1) is 0 Å². The van der Waals surface area contributed by atoms with Crippen LogP contribution in [0.4, 0.5) is 8.78 Å². The Morgan fingerprint density at radius 2 is 1.74 bits per heavy atom. The first kappa shape index (κ1) is 21.6. The number of hydrogen-bond donors (Lipinski definition) is 1. The highest BCUT2D eigenvalue weighted by molar-refractivity contribution is 5.99. The molecule has 2 heterocycles. The standard InChI is InChI=1S/C26H19F2NO5/c1-2-33-21-11-15(5-9-19(21)30)23-22-24(31)18-12-17(28)8-10-20(18)34-25(22)26(32)29(23)13-14-3-6-16(27)7-4-14/h3-12,23,30H,2,13H2,1H3. The molecule has 6 nitrogen and oxygen atoms in total. The third-order valence-corrected chi connectivity index (χ3v) is 5.79. The summed E-state index contributed by atoms with van der Waals surface area (Å²) in [6.07, 6.45) is 0. The fraction of sp³-hybridized carbons (Fsp3) is 0.154. The minimum atomic E-state index is -0.892. The maximum absolute atomic E-state index is 13.9. The Morgan fingerprint density at radius 1 is 1.00 bits per heavy atom. The van der Waals surface area contributed by atoms with E-state index in [-0.39, 0.29) is 40.3 Å². The smallest absolute Gasteiger partial charge is 0.291 e. The van der Waals surface area contributed by atoms with Gasteiger partial charge in [0.05, 0.1) is 23.6 Å².